The predicted molar refractivity (Wildman–Crippen MR) is 101 cm³/mol. The molecule has 0 unspecified atom stereocenters. The minimum absolute atomic E-state index is 0.214. The highest BCUT2D eigenvalue weighted by Gasteiger charge is 2.14. The number of nitrogens with zero attached hydrogens (tertiary/aromatic N) is 4. The summed E-state index contributed by atoms with van der Waals surface area (Å²) in [5.74, 6) is 1.39. The molecule has 0 aliphatic heterocycles. The zero-order chi connectivity index (χ0) is 17.8. The SMILES string of the molecule is CCn1c(SCc2ccc(F)cc2)nnc1-c1cccc(N(C)C)c1. The summed E-state index contributed by atoms with van der Waals surface area (Å²) in [7, 11) is 4.04. The molecule has 0 saturated carbocycles. The Morgan fingerprint density at radius 3 is 2.52 bits per heavy atom. The maximum absolute atomic E-state index is 13.0. The summed E-state index contributed by atoms with van der Waals surface area (Å²) in [4.78, 5) is 2.07. The maximum atomic E-state index is 13.0. The maximum Gasteiger partial charge on any atom is 0.191 e. The Balaban J connectivity index is 1.83. The lowest BCUT2D eigenvalue weighted by Crippen LogP contribution is -2.08. The average molecular weight is 356 g/mol. The van der Waals surface area contributed by atoms with E-state index in [1.165, 1.54) is 12.1 Å². The Kier molecular flexibility index (Phi) is 5.38. The van der Waals surface area contributed by atoms with Crippen LogP contribution in [0.5, 0.6) is 0 Å². The third kappa shape index (κ3) is 4.02. The van der Waals surface area contributed by atoms with Crippen molar-refractivity contribution in [2.45, 2.75) is 24.4 Å². The summed E-state index contributed by atoms with van der Waals surface area (Å²) >= 11 is 1.61. The normalized spacial score (nSPS) is 10.9. The zero-order valence-corrected chi connectivity index (χ0v) is 15.4. The highest BCUT2D eigenvalue weighted by atomic mass is 32.2. The molecule has 4 nitrogen and oxygen atoms in total. The molecule has 0 aliphatic rings. The van der Waals surface area contributed by atoms with Gasteiger partial charge < -0.3 is 9.47 Å². The first-order chi connectivity index (χ1) is 12.1. The molecule has 0 saturated heterocycles. The summed E-state index contributed by atoms with van der Waals surface area (Å²) in [6, 6.07) is 14.8. The predicted octanol–water partition coefficient (Wildman–Crippen LogP) is 4.46. The van der Waals surface area contributed by atoms with E-state index in [9.17, 15) is 4.39 Å². The molecule has 0 atom stereocenters. The summed E-state index contributed by atoms with van der Waals surface area (Å²) in [6.45, 7) is 2.88. The van der Waals surface area contributed by atoms with Crippen LogP contribution in [0.4, 0.5) is 10.1 Å². The molecule has 0 spiro atoms. The van der Waals surface area contributed by atoms with Crippen LogP contribution in [0.1, 0.15) is 12.5 Å². The van der Waals surface area contributed by atoms with Crippen LogP contribution in [-0.2, 0) is 12.3 Å². The van der Waals surface area contributed by atoms with Gasteiger partial charge in [-0.1, -0.05) is 36.0 Å². The van der Waals surface area contributed by atoms with E-state index in [1.807, 2.05) is 20.2 Å². The lowest BCUT2D eigenvalue weighted by molar-refractivity contribution is 0.627. The van der Waals surface area contributed by atoms with Crippen LogP contribution in [0.25, 0.3) is 11.4 Å². The Morgan fingerprint density at radius 1 is 1.08 bits per heavy atom. The Hall–Kier alpha value is -2.34. The fraction of sp³-hybridized carbons (Fsp3) is 0.263. The highest BCUT2D eigenvalue weighted by molar-refractivity contribution is 7.98. The minimum atomic E-state index is -0.214. The van der Waals surface area contributed by atoms with Crippen molar-refractivity contribution in [2.75, 3.05) is 19.0 Å². The Bertz CT molecular complexity index is 843. The quantitative estimate of drug-likeness (QED) is 0.611. The molecule has 130 valence electrons. The van der Waals surface area contributed by atoms with Crippen molar-refractivity contribution in [1.82, 2.24) is 14.8 Å². The number of benzene rings is 2. The molecular weight excluding hydrogens is 335 g/mol. The van der Waals surface area contributed by atoms with Crippen LogP contribution in [0, 0.1) is 5.82 Å². The molecule has 25 heavy (non-hydrogen) atoms. The topological polar surface area (TPSA) is 34.0 Å². The number of thioether (sulfide) groups is 1. The van der Waals surface area contributed by atoms with Gasteiger partial charge in [0.25, 0.3) is 0 Å². The van der Waals surface area contributed by atoms with Crippen molar-refractivity contribution in [3.05, 3.63) is 59.9 Å². The smallest absolute Gasteiger partial charge is 0.191 e. The first-order valence-corrected chi connectivity index (χ1v) is 9.15. The van der Waals surface area contributed by atoms with Crippen molar-refractivity contribution in [3.63, 3.8) is 0 Å². The molecule has 0 amide bonds. The third-order valence-electron chi connectivity index (χ3n) is 3.94. The van der Waals surface area contributed by atoms with Gasteiger partial charge in [0.1, 0.15) is 5.82 Å². The van der Waals surface area contributed by atoms with Crippen LogP contribution in [0.3, 0.4) is 0 Å². The zero-order valence-electron chi connectivity index (χ0n) is 14.6. The van der Waals surface area contributed by atoms with Gasteiger partial charge in [0, 0.05) is 37.6 Å². The third-order valence-corrected chi connectivity index (χ3v) is 4.97. The number of aromatic nitrogens is 3. The fourth-order valence-corrected chi connectivity index (χ4v) is 3.50. The standard InChI is InChI=1S/C19H21FN4S/c1-4-24-18(15-6-5-7-17(12-15)23(2)3)21-22-19(24)25-13-14-8-10-16(20)11-9-14/h5-12H,4,13H2,1-3H3. The number of rotatable bonds is 6. The van der Waals surface area contributed by atoms with Crippen LogP contribution in [0.2, 0.25) is 0 Å². The van der Waals surface area contributed by atoms with Crippen molar-refractivity contribution >= 4 is 17.4 Å². The summed E-state index contributed by atoms with van der Waals surface area (Å²) < 4.78 is 15.1. The van der Waals surface area contributed by atoms with Crippen LogP contribution < -0.4 is 4.90 Å². The van der Waals surface area contributed by atoms with Crippen molar-refractivity contribution in [1.29, 1.82) is 0 Å². The summed E-state index contributed by atoms with van der Waals surface area (Å²) in [5.41, 5.74) is 3.24. The van der Waals surface area contributed by atoms with Crippen molar-refractivity contribution < 1.29 is 4.39 Å². The second-order valence-electron chi connectivity index (χ2n) is 5.91. The van der Waals surface area contributed by atoms with E-state index in [2.05, 4.69) is 44.8 Å². The van der Waals surface area contributed by atoms with E-state index >= 15 is 0 Å². The number of halogens is 1. The molecule has 3 rings (SSSR count). The van der Waals surface area contributed by atoms with Gasteiger partial charge in [-0.05, 0) is 36.8 Å². The van der Waals surface area contributed by atoms with Gasteiger partial charge >= 0.3 is 0 Å². The van der Waals surface area contributed by atoms with E-state index in [-0.39, 0.29) is 5.82 Å². The van der Waals surface area contributed by atoms with Crippen LogP contribution in [-0.4, -0.2) is 28.9 Å². The molecule has 0 fully saturated rings. The first kappa shape index (κ1) is 17.5. The second kappa shape index (κ2) is 7.70. The summed E-state index contributed by atoms with van der Waals surface area (Å²) in [5, 5.41) is 9.63. The minimum Gasteiger partial charge on any atom is -0.378 e. The molecular formula is C19H21FN4S. The molecule has 0 N–H and O–H groups in total. The van der Waals surface area contributed by atoms with Gasteiger partial charge in [0.15, 0.2) is 11.0 Å². The number of anilines is 1. The average Bonchev–Trinajstić information content (AvgIpc) is 3.04. The highest BCUT2D eigenvalue weighted by Crippen LogP contribution is 2.28. The van der Waals surface area contributed by atoms with E-state index in [4.69, 9.17) is 0 Å². The molecule has 2 aromatic carbocycles. The largest absolute Gasteiger partial charge is 0.378 e. The lowest BCUT2D eigenvalue weighted by Gasteiger charge is -2.14. The van der Waals surface area contributed by atoms with Gasteiger partial charge in [0.2, 0.25) is 0 Å². The number of hydrogen-bond donors (Lipinski definition) is 0. The van der Waals surface area contributed by atoms with E-state index in [0.717, 1.165) is 40.1 Å². The fourth-order valence-electron chi connectivity index (χ4n) is 2.55. The molecule has 6 heteroatoms. The van der Waals surface area contributed by atoms with Crippen LogP contribution >= 0.6 is 11.8 Å². The number of hydrogen-bond acceptors (Lipinski definition) is 4. The first-order valence-electron chi connectivity index (χ1n) is 8.16. The van der Waals surface area contributed by atoms with Gasteiger partial charge in [-0.25, -0.2) is 4.39 Å². The van der Waals surface area contributed by atoms with Gasteiger partial charge in [-0.15, -0.1) is 10.2 Å². The van der Waals surface area contributed by atoms with E-state index in [0.29, 0.717) is 0 Å². The van der Waals surface area contributed by atoms with Crippen LogP contribution in [0.15, 0.2) is 53.7 Å². The molecule has 0 bridgehead atoms. The van der Waals surface area contributed by atoms with E-state index < -0.39 is 0 Å². The summed E-state index contributed by atoms with van der Waals surface area (Å²) in [6.07, 6.45) is 0. The Labute approximate surface area is 151 Å². The molecule has 0 radical (unpaired) electrons. The Morgan fingerprint density at radius 2 is 1.84 bits per heavy atom. The van der Waals surface area contributed by atoms with Gasteiger partial charge in [-0.2, -0.15) is 0 Å². The van der Waals surface area contributed by atoms with Gasteiger partial charge in [0.05, 0.1) is 0 Å². The van der Waals surface area contributed by atoms with E-state index in [1.54, 1.807) is 23.9 Å². The van der Waals surface area contributed by atoms with Crippen molar-refractivity contribution in [3.8, 4) is 11.4 Å². The monoisotopic (exact) mass is 356 g/mol. The molecule has 0 aliphatic carbocycles. The molecule has 1 aromatic heterocycles. The van der Waals surface area contributed by atoms with Gasteiger partial charge in [-0.3, -0.25) is 0 Å². The van der Waals surface area contributed by atoms with Crippen molar-refractivity contribution in [2.24, 2.45) is 0 Å². The molecule has 1 heterocycles. The molecule has 3 aromatic rings. The second-order valence-corrected chi connectivity index (χ2v) is 6.85. The lowest BCUT2D eigenvalue weighted by atomic mass is 10.2.